The highest BCUT2D eigenvalue weighted by Crippen LogP contribution is 2.37. The molecule has 0 aliphatic heterocycles. The Bertz CT molecular complexity index is 1690. The molecule has 0 radical (unpaired) electrons. The molecule has 0 amide bonds. The number of carbonyl (C=O) groups is 4. The van der Waals surface area contributed by atoms with E-state index in [2.05, 4.69) is 9.97 Å². The van der Waals surface area contributed by atoms with E-state index in [-0.39, 0.29) is 36.2 Å². The fourth-order valence-electron chi connectivity index (χ4n) is 5.41. The largest absolute Gasteiger partial charge is 0.497 e. The number of benzene rings is 1. The maximum Gasteiger partial charge on any atom is 0.355 e. The summed E-state index contributed by atoms with van der Waals surface area (Å²) in [5, 5.41) is 0. The van der Waals surface area contributed by atoms with Gasteiger partial charge in [-0.1, -0.05) is 0 Å². The third kappa shape index (κ3) is 6.49. The normalized spacial score (nSPS) is 11.0. The van der Waals surface area contributed by atoms with Crippen LogP contribution < -0.4 is 4.74 Å². The van der Waals surface area contributed by atoms with Crippen molar-refractivity contribution in [3.63, 3.8) is 0 Å². The second-order valence-electron chi connectivity index (χ2n) is 10.2. The maximum atomic E-state index is 12.7. The molecule has 1 aromatic carbocycles. The molecule has 0 saturated carbocycles. The monoisotopic (exact) mass is 604 g/mol. The number of ketones is 2. The lowest BCUT2D eigenvalue weighted by atomic mass is 9.99. The Morgan fingerprint density at radius 2 is 1.26 bits per heavy atom. The van der Waals surface area contributed by atoms with Gasteiger partial charge in [0.1, 0.15) is 17.1 Å². The van der Waals surface area contributed by atoms with E-state index in [0.29, 0.717) is 46.5 Å². The first-order valence-corrected chi connectivity index (χ1v) is 14.9. The maximum absolute atomic E-state index is 12.7. The number of hydrogen-bond acceptors (Lipinski definition) is 8. The molecule has 4 aromatic rings. The molecule has 0 aliphatic rings. The van der Waals surface area contributed by atoms with Crippen LogP contribution in [0, 0.1) is 13.8 Å². The number of methoxy groups -OCH3 is 1. The molecule has 4 rings (SSSR count). The summed E-state index contributed by atoms with van der Waals surface area (Å²) in [6.07, 6.45) is 0.727. The van der Waals surface area contributed by atoms with Gasteiger partial charge < -0.3 is 24.2 Å². The zero-order valence-electron chi connectivity index (χ0n) is 25.5. The highest BCUT2D eigenvalue weighted by Gasteiger charge is 2.26. The number of esters is 2. The van der Waals surface area contributed by atoms with Crippen molar-refractivity contribution in [1.82, 2.24) is 9.97 Å². The molecule has 226 valence electrons. The molecule has 0 aliphatic carbocycles. The minimum atomic E-state index is -0.508. The Balaban J connectivity index is 1.82. The van der Waals surface area contributed by atoms with Crippen LogP contribution in [0.25, 0.3) is 10.4 Å². The minimum absolute atomic E-state index is 0.147. The van der Waals surface area contributed by atoms with E-state index < -0.39 is 11.9 Å². The third-order valence-electron chi connectivity index (χ3n) is 7.25. The Labute approximate surface area is 254 Å². The molecule has 0 atom stereocenters. The van der Waals surface area contributed by atoms with E-state index in [1.54, 1.807) is 46.1 Å². The van der Waals surface area contributed by atoms with Gasteiger partial charge in [-0.05, 0) is 94.1 Å². The molecule has 10 heteroatoms. The number of nitrogens with one attached hydrogen (secondary N) is 2. The number of H-pyrrole nitrogens is 2. The molecule has 2 N–H and O–H groups in total. The minimum Gasteiger partial charge on any atom is -0.497 e. The van der Waals surface area contributed by atoms with Crippen molar-refractivity contribution in [2.75, 3.05) is 20.3 Å². The van der Waals surface area contributed by atoms with Crippen LogP contribution >= 0.6 is 11.3 Å². The summed E-state index contributed by atoms with van der Waals surface area (Å²) in [4.78, 5) is 58.8. The standard InChI is InChI=1S/C33H36N2O7S/c1-8-41-32(38)29-17(3)27(19(5)36)25(34-29)15-22-14-24(43-31(22)21-10-12-23(40-7)13-11-21)16-26-28(20(6)37)18(4)30(35-26)33(39)42-9-2/h10-14,34-35H,8-9,15-16H2,1-7H3. The smallest absolute Gasteiger partial charge is 0.355 e. The van der Waals surface area contributed by atoms with Gasteiger partial charge in [-0.15, -0.1) is 11.3 Å². The molecule has 3 aromatic heterocycles. The topological polar surface area (TPSA) is 128 Å². The summed E-state index contributed by atoms with van der Waals surface area (Å²) in [5.41, 5.74) is 5.74. The van der Waals surface area contributed by atoms with E-state index in [1.807, 2.05) is 30.3 Å². The van der Waals surface area contributed by atoms with Crippen LogP contribution in [0.4, 0.5) is 0 Å². The molecule has 0 unspecified atom stereocenters. The fourth-order valence-corrected chi connectivity index (χ4v) is 6.60. The second kappa shape index (κ2) is 13.2. The molecule has 0 bridgehead atoms. The van der Waals surface area contributed by atoms with Crippen LogP contribution in [-0.2, 0) is 22.3 Å². The number of Topliss-reactive ketones (excluding diaryl/α,β-unsaturated/α-hetero) is 2. The van der Waals surface area contributed by atoms with E-state index >= 15 is 0 Å². The van der Waals surface area contributed by atoms with Gasteiger partial charge in [0.05, 0.1) is 20.3 Å². The highest BCUT2D eigenvalue weighted by molar-refractivity contribution is 7.15. The van der Waals surface area contributed by atoms with Crippen molar-refractivity contribution in [3.05, 3.63) is 85.8 Å². The summed E-state index contributed by atoms with van der Waals surface area (Å²) in [5.74, 6) is -0.590. The number of aromatic amines is 2. The van der Waals surface area contributed by atoms with Gasteiger partial charge in [-0.25, -0.2) is 9.59 Å². The quantitative estimate of drug-likeness (QED) is 0.137. The molecule has 0 spiro atoms. The summed E-state index contributed by atoms with van der Waals surface area (Å²) in [6.45, 7) is 10.3. The highest BCUT2D eigenvalue weighted by atomic mass is 32.1. The SMILES string of the molecule is CCOC(=O)c1[nH]c(Cc2cc(Cc3[nH]c(C(=O)OCC)c(C)c3C(C)=O)c(-c3ccc(OC)cc3)s2)c(C(C)=O)c1C. The van der Waals surface area contributed by atoms with Gasteiger partial charge >= 0.3 is 11.9 Å². The number of hydrogen-bond donors (Lipinski definition) is 2. The Hall–Kier alpha value is -4.44. The first kappa shape index (κ1) is 31.5. The van der Waals surface area contributed by atoms with Crippen LogP contribution in [0.5, 0.6) is 5.75 Å². The number of ether oxygens (including phenoxy) is 3. The lowest BCUT2D eigenvalue weighted by Gasteiger charge is -2.06. The first-order chi connectivity index (χ1) is 20.5. The van der Waals surface area contributed by atoms with Crippen LogP contribution in [-0.4, -0.2) is 53.8 Å². The van der Waals surface area contributed by atoms with Gasteiger partial charge in [-0.3, -0.25) is 9.59 Å². The zero-order valence-corrected chi connectivity index (χ0v) is 26.3. The molecule has 0 fully saturated rings. The first-order valence-electron chi connectivity index (χ1n) is 14.0. The second-order valence-corrected chi connectivity index (χ2v) is 11.3. The van der Waals surface area contributed by atoms with Gasteiger partial charge in [0.15, 0.2) is 11.6 Å². The van der Waals surface area contributed by atoms with E-state index in [4.69, 9.17) is 14.2 Å². The fraction of sp³-hybridized carbons (Fsp3) is 0.333. The molecular formula is C33H36N2O7S. The summed E-state index contributed by atoms with van der Waals surface area (Å²) in [6, 6.07) is 9.73. The van der Waals surface area contributed by atoms with Crippen LogP contribution in [0.3, 0.4) is 0 Å². The lowest BCUT2D eigenvalue weighted by molar-refractivity contribution is 0.0509. The summed E-state index contributed by atoms with van der Waals surface area (Å²) >= 11 is 1.56. The van der Waals surface area contributed by atoms with E-state index in [9.17, 15) is 19.2 Å². The van der Waals surface area contributed by atoms with Crippen LogP contribution in [0.1, 0.15) is 102 Å². The van der Waals surface area contributed by atoms with Crippen molar-refractivity contribution in [2.45, 2.75) is 54.4 Å². The Kier molecular flexibility index (Phi) is 9.70. The number of thiophene rings is 1. The molecule has 43 heavy (non-hydrogen) atoms. The summed E-state index contributed by atoms with van der Waals surface area (Å²) in [7, 11) is 1.61. The van der Waals surface area contributed by atoms with Gasteiger partial charge in [0, 0.05) is 45.1 Å². The van der Waals surface area contributed by atoms with Gasteiger partial charge in [-0.2, -0.15) is 0 Å². The van der Waals surface area contributed by atoms with Crippen LogP contribution in [0.15, 0.2) is 30.3 Å². The number of aromatic nitrogens is 2. The van der Waals surface area contributed by atoms with E-state index in [1.165, 1.54) is 13.8 Å². The number of rotatable bonds is 12. The third-order valence-corrected chi connectivity index (χ3v) is 8.48. The predicted molar refractivity (Wildman–Crippen MR) is 165 cm³/mol. The number of carbonyl (C=O) groups excluding carboxylic acids is 4. The average Bonchev–Trinajstić information content (AvgIpc) is 3.62. The zero-order chi connectivity index (χ0) is 31.4. The Morgan fingerprint density at radius 1 is 0.767 bits per heavy atom. The molecular weight excluding hydrogens is 568 g/mol. The Morgan fingerprint density at radius 3 is 1.70 bits per heavy atom. The predicted octanol–water partition coefficient (Wildman–Crippen LogP) is 6.64. The van der Waals surface area contributed by atoms with Crippen LogP contribution in [0.2, 0.25) is 0 Å². The average molecular weight is 605 g/mol. The van der Waals surface area contributed by atoms with Crippen molar-refractivity contribution < 1.29 is 33.4 Å². The lowest BCUT2D eigenvalue weighted by Crippen LogP contribution is -2.07. The van der Waals surface area contributed by atoms with E-state index in [0.717, 1.165) is 26.6 Å². The van der Waals surface area contributed by atoms with Gasteiger partial charge in [0.2, 0.25) is 0 Å². The molecule has 0 saturated heterocycles. The molecule has 3 heterocycles. The van der Waals surface area contributed by atoms with Crippen molar-refractivity contribution in [1.29, 1.82) is 0 Å². The van der Waals surface area contributed by atoms with Crippen molar-refractivity contribution >= 4 is 34.8 Å². The van der Waals surface area contributed by atoms with Crippen molar-refractivity contribution in [3.8, 4) is 16.2 Å². The van der Waals surface area contributed by atoms with Gasteiger partial charge in [0.25, 0.3) is 0 Å². The summed E-state index contributed by atoms with van der Waals surface area (Å²) < 4.78 is 15.8. The molecule has 9 nitrogen and oxygen atoms in total. The van der Waals surface area contributed by atoms with Crippen molar-refractivity contribution in [2.24, 2.45) is 0 Å².